The van der Waals surface area contributed by atoms with Crippen LogP contribution in [0.5, 0.6) is 0 Å². The molecule has 0 bridgehead atoms. The van der Waals surface area contributed by atoms with Gasteiger partial charge in [0.15, 0.2) is 0 Å². The summed E-state index contributed by atoms with van der Waals surface area (Å²) in [5, 5.41) is 30.3. The van der Waals surface area contributed by atoms with Gasteiger partial charge in [0.1, 0.15) is 0 Å². The molecule has 0 fully saturated rings. The number of benzene rings is 1. The summed E-state index contributed by atoms with van der Waals surface area (Å²) in [6.07, 6.45) is 12.1. The summed E-state index contributed by atoms with van der Waals surface area (Å²) in [4.78, 5) is 11.6. The van der Waals surface area contributed by atoms with Crippen LogP contribution in [0, 0.1) is 0 Å². The summed E-state index contributed by atoms with van der Waals surface area (Å²) >= 11 is 0. The van der Waals surface area contributed by atoms with Crippen LogP contribution in [0.15, 0.2) is 30.3 Å². The van der Waals surface area contributed by atoms with Crippen molar-refractivity contribution in [1.82, 2.24) is 0 Å². The number of carbonyl (C=O) groups is 1. The minimum Gasteiger partial charge on any atom is -0.479 e. The van der Waals surface area contributed by atoms with Gasteiger partial charge in [0, 0.05) is 0 Å². The highest BCUT2D eigenvalue weighted by atomic mass is 16.4. The largest absolute Gasteiger partial charge is 0.479 e. The van der Waals surface area contributed by atoms with Gasteiger partial charge in [-0.2, -0.15) is 0 Å². The van der Waals surface area contributed by atoms with Crippen LogP contribution in [0.1, 0.15) is 89.5 Å². The highest BCUT2D eigenvalue weighted by molar-refractivity contribution is 5.80. The van der Waals surface area contributed by atoms with Crippen molar-refractivity contribution < 1.29 is 20.1 Å². The molecule has 1 aromatic carbocycles. The minimum absolute atomic E-state index is 0.225. The van der Waals surface area contributed by atoms with Gasteiger partial charge in [-0.3, -0.25) is 0 Å². The second-order valence-electron chi connectivity index (χ2n) is 7.28. The van der Waals surface area contributed by atoms with Gasteiger partial charge < -0.3 is 15.3 Å². The van der Waals surface area contributed by atoms with E-state index < -0.39 is 17.7 Å². The van der Waals surface area contributed by atoms with Crippen molar-refractivity contribution >= 4 is 5.97 Å². The lowest BCUT2D eigenvalue weighted by Gasteiger charge is -2.29. The van der Waals surface area contributed by atoms with E-state index in [0.717, 1.165) is 19.3 Å². The molecule has 0 aromatic heterocycles. The summed E-state index contributed by atoms with van der Waals surface area (Å²) in [7, 11) is 0. The molecule has 3 N–H and O–H groups in total. The first-order valence-electron chi connectivity index (χ1n) is 10.2. The Bertz CT molecular complexity index is 488. The van der Waals surface area contributed by atoms with Gasteiger partial charge >= 0.3 is 5.97 Å². The highest BCUT2D eigenvalue weighted by Crippen LogP contribution is 2.28. The van der Waals surface area contributed by atoms with Gasteiger partial charge in [-0.25, -0.2) is 4.79 Å². The van der Waals surface area contributed by atoms with Crippen molar-refractivity contribution in [3.8, 4) is 0 Å². The number of aliphatic hydroxyl groups is 2. The summed E-state index contributed by atoms with van der Waals surface area (Å²) < 4.78 is 0. The number of rotatable bonds is 15. The summed E-state index contributed by atoms with van der Waals surface area (Å²) in [6, 6.07) is 8.16. The van der Waals surface area contributed by atoms with Gasteiger partial charge in [-0.1, -0.05) is 108 Å². The predicted octanol–water partition coefficient (Wildman–Crippen LogP) is 5.02. The molecule has 0 heterocycles. The Kier molecular flexibility index (Phi) is 11.2. The molecule has 1 aromatic rings. The summed E-state index contributed by atoms with van der Waals surface area (Å²) in [6.45, 7) is 2.23. The SMILES string of the molecule is CCCCCCCCCCCCCC(O)C(O)(C(=O)O)c1ccccc1. The lowest BCUT2D eigenvalue weighted by Crippen LogP contribution is -2.46. The van der Waals surface area contributed by atoms with Crippen LogP contribution in [-0.4, -0.2) is 27.4 Å². The third-order valence-corrected chi connectivity index (χ3v) is 5.10. The van der Waals surface area contributed by atoms with Gasteiger partial charge in [0.2, 0.25) is 5.60 Å². The molecule has 148 valence electrons. The van der Waals surface area contributed by atoms with E-state index in [2.05, 4.69) is 6.92 Å². The number of hydrogen-bond acceptors (Lipinski definition) is 3. The number of aliphatic hydroxyl groups excluding tert-OH is 1. The quantitative estimate of drug-likeness (QED) is 0.382. The van der Waals surface area contributed by atoms with E-state index in [1.54, 1.807) is 18.2 Å². The second-order valence-corrected chi connectivity index (χ2v) is 7.28. The van der Waals surface area contributed by atoms with E-state index in [1.807, 2.05) is 0 Å². The maximum Gasteiger partial charge on any atom is 0.343 e. The molecule has 2 atom stereocenters. The Labute approximate surface area is 158 Å². The van der Waals surface area contributed by atoms with Crippen LogP contribution in [0.25, 0.3) is 0 Å². The number of unbranched alkanes of at least 4 members (excludes halogenated alkanes) is 10. The molecule has 0 radical (unpaired) electrons. The van der Waals surface area contributed by atoms with Crippen LogP contribution in [0.4, 0.5) is 0 Å². The summed E-state index contributed by atoms with van der Waals surface area (Å²) in [5.41, 5.74) is -2.01. The highest BCUT2D eigenvalue weighted by Gasteiger charge is 2.44. The van der Waals surface area contributed by atoms with Crippen LogP contribution >= 0.6 is 0 Å². The Hall–Kier alpha value is -1.39. The fourth-order valence-electron chi connectivity index (χ4n) is 3.36. The molecule has 0 aliphatic rings. The van der Waals surface area contributed by atoms with E-state index in [9.17, 15) is 20.1 Å². The van der Waals surface area contributed by atoms with E-state index in [-0.39, 0.29) is 12.0 Å². The molecule has 0 amide bonds. The normalized spacial score (nSPS) is 14.7. The fraction of sp³-hybridized carbons (Fsp3) is 0.682. The molecule has 0 saturated heterocycles. The topological polar surface area (TPSA) is 77.8 Å². The smallest absolute Gasteiger partial charge is 0.343 e. The lowest BCUT2D eigenvalue weighted by molar-refractivity contribution is -0.174. The van der Waals surface area contributed by atoms with E-state index >= 15 is 0 Å². The Morgan fingerprint density at radius 2 is 1.35 bits per heavy atom. The number of hydrogen-bond donors (Lipinski definition) is 3. The first-order chi connectivity index (χ1) is 12.5. The van der Waals surface area contributed by atoms with E-state index in [0.29, 0.717) is 0 Å². The molecule has 4 nitrogen and oxygen atoms in total. The zero-order valence-corrected chi connectivity index (χ0v) is 16.2. The molecule has 2 unspecified atom stereocenters. The van der Waals surface area contributed by atoms with Crippen LogP contribution in [0.3, 0.4) is 0 Å². The zero-order chi connectivity index (χ0) is 19.3. The predicted molar refractivity (Wildman–Crippen MR) is 105 cm³/mol. The molecule has 26 heavy (non-hydrogen) atoms. The van der Waals surface area contributed by atoms with E-state index in [4.69, 9.17) is 0 Å². The zero-order valence-electron chi connectivity index (χ0n) is 16.2. The molecule has 0 aliphatic carbocycles. The van der Waals surface area contributed by atoms with Crippen molar-refractivity contribution in [2.75, 3.05) is 0 Å². The average molecular weight is 365 g/mol. The van der Waals surface area contributed by atoms with Crippen molar-refractivity contribution in [2.45, 2.75) is 95.7 Å². The monoisotopic (exact) mass is 364 g/mol. The lowest BCUT2D eigenvalue weighted by atomic mass is 9.85. The number of carboxylic acids is 1. The van der Waals surface area contributed by atoms with Crippen molar-refractivity contribution in [3.63, 3.8) is 0 Å². The maximum absolute atomic E-state index is 11.6. The van der Waals surface area contributed by atoms with Crippen molar-refractivity contribution in [2.24, 2.45) is 0 Å². The van der Waals surface area contributed by atoms with Crippen molar-refractivity contribution in [3.05, 3.63) is 35.9 Å². The molecule has 0 saturated carbocycles. The molecule has 0 spiro atoms. The average Bonchev–Trinajstić information content (AvgIpc) is 2.65. The molecular weight excluding hydrogens is 328 g/mol. The van der Waals surface area contributed by atoms with Crippen LogP contribution < -0.4 is 0 Å². The van der Waals surface area contributed by atoms with Gasteiger partial charge in [0.25, 0.3) is 0 Å². The Morgan fingerprint density at radius 3 is 1.81 bits per heavy atom. The summed E-state index contributed by atoms with van der Waals surface area (Å²) in [5.74, 6) is -1.40. The second kappa shape index (κ2) is 12.9. The molecule has 4 heteroatoms. The van der Waals surface area contributed by atoms with Crippen LogP contribution in [-0.2, 0) is 10.4 Å². The first kappa shape index (κ1) is 22.7. The Balaban J connectivity index is 2.22. The number of carboxylic acid groups (broad SMARTS) is 1. The minimum atomic E-state index is -2.24. The molecule has 1 rings (SSSR count). The van der Waals surface area contributed by atoms with Gasteiger partial charge in [-0.15, -0.1) is 0 Å². The van der Waals surface area contributed by atoms with Crippen LogP contribution in [0.2, 0.25) is 0 Å². The number of aliphatic carboxylic acids is 1. The standard InChI is InChI=1S/C22H36O4/c1-2-3-4-5-6-7-8-9-10-11-15-18-20(23)22(26,21(24)25)19-16-13-12-14-17-19/h12-14,16-17,20,23,26H,2-11,15,18H2,1H3,(H,24,25). The Morgan fingerprint density at radius 1 is 0.885 bits per heavy atom. The third-order valence-electron chi connectivity index (χ3n) is 5.10. The fourth-order valence-corrected chi connectivity index (χ4v) is 3.36. The maximum atomic E-state index is 11.6. The van der Waals surface area contributed by atoms with Gasteiger partial charge in [-0.05, 0) is 12.0 Å². The van der Waals surface area contributed by atoms with Gasteiger partial charge in [0.05, 0.1) is 6.10 Å². The third kappa shape index (κ3) is 7.46. The van der Waals surface area contributed by atoms with Crippen molar-refractivity contribution in [1.29, 1.82) is 0 Å². The van der Waals surface area contributed by atoms with E-state index in [1.165, 1.54) is 63.5 Å². The molecule has 0 aliphatic heterocycles. The molecular formula is C22H36O4. The first-order valence-corrected chi connectivity index (χ1v) is 10.2.